The predicted molar refractivity (Wildman–Crippen MR) is 112 cm³/mol. The van der Waals surface area contributed by atoms with E-state index in [0.717, 1.165) is 34.8 Å². The number of piperazine rings is 1. The molecule has 1 heterocycles. The third-order valence-corrected chi connectivity index (χ3v) is 7.80. The van der Waals surface area contributed by atoms with E-state index in [4.69, 9.17) is 11.6 Å². The summed E-state index contributed by atoms with van der Waals surface area (Å²) in [4.78, 5) is 13.7. The minimum absolute atomic E-state index is 0.000741. The molecule has 0 bridgehead atoms. The van der Waals surface area contributed by atoms with Crippen LogP contribution < -0.4 is 5.32 Å². The van der Waals surface area contributed by atoms with Gasteiger partial charge in [-0.15, -0.1) is 0 Å². The van der Waals surface area contributed by atoms with E-state index in [2.05, 4.69) is 5.32 Å². The van der Waals surface area contributed by atoms with E-state index < -0.39 is 26.6 Å². The van der Waals surface area contributed by atoms with Gasteiger partial charge < -0.3 is 10.2 Å². The number of hydrogen-bond donors (Lipinski definition) is 1. The largest absolute Gasteiger partial charge is 0.331 e. The van der Waals surface area contributed by atoms with Crippen LogP contribution in [0.4, 0.5) is 13.6 Å². The van der Waals surface area contributed by atoms with Crippen molar-refractivity contribution in [1.29, 1.82) is 0 Å². The number of nitrogens with zero attached hydrogens (tertiary/aromatic N) is 2. The standard InChI is InChI=1S/C21H22ClF2N3O3S/c22-16-5-3-15(4-6-16)20(14-1-2-14)25-21(28)26-9-11-27(12-10-26)31(29,30)19-13-17(23)7-8-18(19)24/h3-8,13-14,20H,1-2,9-12H2,(H,25,28)/t20-/m0/s1. The van der Waals surface area contributed by atoms with E-state index in [1.54, 1.807) is 17.0 Å². The molecule has 166 valence electrons. The number of hydrogen-bond acceptors (Lipinski definition) is 3. The highest BCUT2D eigenvalue weighted by Gasteiger charge is 2.36. The van der Waals surface area contributed by atoms with Crippen molar-refractivity contribution in [2.45, 2.75) is 23.8 Å². The van der Waals surface area contributed by atoms with Crippen molar-refractivity contribution in [2.75, 3.05) is 26.2 Å². The molecule has 2 fully saturated rings. The van der Waals surface area contributed by atoms with E-state index >= 15 is 0 Å². The maximum atomic E-state index is 14.0. The fraction of sp³-hybridized carbons (Fsp3) is 0.381. The molecule has 1 atom stereocenters. The van der Waals surface area contributed by atoms with Gasteiger partial charge in [0.1, 0.15) is 16.5 Å². The van der Waals surface area contributed by atoms with Crippen molar-refractivity contribution in [2.24, 2.45) is 5.92 Å². The lowest BCUT2D eigenvalue weighted by Crippen LogP contribution is -2.53. The highest BCUT2D eigenvalue weighted by Crippen LogP contribution is 2.41. The number of halogens is 3. The number of carbonyl (C=O) groups is 1. The molecule has 10 heteroatoms. The second kappa shape index (κ2) is 8.72. The zero-order chi connectivity index (χ0) is 22.2. The Balaban J connectivity index is 1.40. The molecule has 0 spiro atoms. The lowest BCUT2D eigenvalue weighted by atomic mass is 10.0. The van der Waals surface area contributed by atoms with Gasteiger partial charge in [-0.2, -0.15) is 4.31 Å². The first-order chi connectivity index (χ1) is 14.8. The molecule has 6 nitrogen and oxygen atoms in total. The Hall–Kier alpha value is -2.23. The molecule has 1 saturated carbocycles. The molecule has 0 aromatic heterocycles. The molecule has 2 aromatic carbocycles. The van der Waals surface area contributed by atoms with Gasteiger partial charge in [-0.05, 0) is 54.7 Å². The number of sulfonamides is 1. The van der Waals surface area contributed by atoms with Crippen LogP contribution in [0, 0.1) is 17.6 Å². The van der Waals surface area contributed by atoms with Gasteiger partial charge >= 0.3 is 6.03 Å². The first-order valence-corrected chi connectivity index (χ1v) is 11.8. The van der Waals surface area contributed by atoms with Crippen molar-refractivity contribution in [3.05, 3.63) is 64.7 Å². The molecule has 0 unspecified atom stereocenters. The Morgan fingerprint density at radius 1 is 1.03 bits per heavy atom. The number of urea groups is 1. The summed E-state index contributed by atoms with van der Waals surface area (Å²) < 4.78 is 53.9. The Labute approximate surface area is 184 Å². The molecule has 2 aliphatic rings. The summed E-state index contributed by atoms with van der Waals surface area (Å²) in [5, 5.41) is 3.67. The number of rotatable bonds is 5. The van der Waals surface area contributed by atoms with Crippen molar-refractivity contribution < 1.29 is 22.0 Å². The molecular formula is C21H22ClF2N3O3S. The third kappa shape index (κ3) is 4.83. The van der Waals surface area contributed by atoms with Crippen molar-refractivity contribution in [3.8, 4) is 0 Å². The fourth-order valence-electron chi connectivity index (χ4n) is 3.74. The Morgan fingerprint density at radius 3 is 2.29 bits per heavy atom. The third-order valence-electron chi connectivity index (χ3n) is 5.64. The van der Waals surface area contributed by atoms with Crippen molar-refractivity contribution in [3.63, 3.8) is 0 Å². The minimum Gasteiger partial charge on any atom is -0.331 e. The average molecular weight is 470 g/mol. The maximum Gasteiger partial charge on any atom is 0.317 e. The van der Waals surface area contributed by atoms with Crippen LogP contribution in [0.15, 0.2) is 47.4 Å². The first kappa shape index (κ1) is 22.0. The van der Waals surface area contributed by atoms with Crippen LogP contribution in [0.3, 0.4) is 0 Å². The van der Waals surface area contributed by atoms with Gasteiger partial charge in [0.15, 0.2) is 0 Å². The molecule has 31 heavy (non-hydrogen) atoms. The van der Waals surface area contributed by atoms with E-state index in [1.807, 2.05) is 12.1 Å². The van der Waals surface area contributed by atoms with E-state index in [0.29, 0.717) is 17.0 Å². The average Bonchev–Trinajstić information content (AvgIpc) is 3.59. The van der Waals surface area contributed by atoms with Gasteiger partial charge in [-0.25, -0.2) is 22.0 Å². The maximum absolute atomic E-state index is 14.0. The van der Waals surface area contributed by atoms with Crippen LogP contribution in [0.2, 0.25) is 5.02 Å². The molecule has 1 aliphatic heterocycles. The van der Waals surface area contributed by atoms with Crippen LogP contribution in [0.5, 0.6) is 0 Å². The van der Waals surface area contributed by atoms with Gasteiger partial charge in [-0.1, -0.05) is 23.7 Å². The summed E-state index contributed by atoms with van der Waals surface area (Å²) in [5.41, 5.74) is 0.975. The second-order valence-electron chi connectivity index (χ2n) is 7.78. The van der Waals surface area contributed by atoms with Gasteiger partial charge in [-0.3, -0.25) is 0 Å². The number of benzene rings is 2. The summed E-state index contributed by atoms with van der Waals surface area (Å²) in [6, 6.07) is 9.28. The summed E-state index contributed by atoms with van der Waals surface area (Å²) in [6.45, 7) is 0.307. The monoisotopic (exact) mass is 469 g/mol. The predicted octanol–water partition coefficient (Wildman–Crippen LogP) is 3.79. The molecule has 1 N–H and O–H groups in total. The van der Waals surface area contributed by atoms with E-state index in [1.165, 1.54) is 0 Å². The molecule has 2 aromatic rings. The van der Waals surface area contributed by atoms with Gasteiger partial charge in [0.25, 0.3) is 0 Å². The summed E-state index contributed by atoms with van der Waals surface area (Å²) >= 11 is 5.96. The number of amides is 2. The van der Waals surface area contributed by atoms with Gasteiger partial charge in [0, 0.05) is 31.2 Å². The Morgan fingerprint density at radius 2 is 1.68 bits per heavy atom. The SMILES string of the molecule is O=C(N[C@H](c1ccc(Cl)cc1)C1CC1)N1CCN(S(=O)(=O)c2cc(F)ccc2F)CC1. The van der Waals surface area contributed by atoms with E-state index in [9.17, 15) is 22.0 Å². The number of nitrogens with one attached hydrogen (secondary N) is 1. The molecule has 2 amide bonds. The zero-order valence-electron chi connectivity index (χ0n) is 16.6. The highest BCUT2D eigenvalue weighted by atomic mass is 35.5. The lowest BCUT2D eigenvalue weighted by Gasteiger charge is -2.35. The second-order valence-corrected chi connectivity index (χ2v) is 10.1. The van der Waals surface area contributed by atoms with Crippen LogP contribution in [0.1, 0.15) is 24.4 Å². The summed E-state index contributed by atoms with van der Waals surface area (Å²) in [7, 11) is -4.19. The minimum atomic E-state index is -4.19. The van der Waals surface area contributed by atoms with Gasteiger partial charge in [0.2, 0.25) is 10.0 Å². The quantitative estimate of drug-likeness (QED) is 0.724. The Kier molecular flexibility index (Phi) is 6.18. The topological polar surface area (TPSA) is 69.7 Å². The van der Waals surface area contributed by atoms with Crippen molar-refractivity contribution >= 4 is 27.7 Å². The van der Waals surface area contributed by atoms with E-state index in [-0.39, 0.29) is 38.3 Å². The molecule has 1 aliphatic carbocycles. The zero-order valence-corrected chi connectivity index (χ0v) is 18.2. The molecule has 4 rings (SSSR count). The van der Waals surface area contributed by atoms with Crippen LogP contribution in [-0.4, -0.2) is 49.8 Å². The number of carbonyl (C=O) groups excluding carboxylic acids is 1. The molecule has 1 saturated heterocycles. The smallest absolute Gasteiger partial charge is 0.317 e. The van der Waals surface area contributed by atoms with Crippen LogP contribution in [-0.2, 0) is 10.0 Å². The Bertz CT molecular complexity index is 1070. The molecule has 0 radical (unpaired) electrons. The molecular weight excluding hydrogens is 448 g/mol. The van der Waals surface area contributed by atoms with Crippen LogP contribution in [0.25, 0.3) is 0 Å². The highest BCUT2D eigenvalue weighted by molar-refractivity contribution is 7.89. The van der Waals surface area contributed by atoms with Crippen LogP contribution >= 0.6 is 11.6 Å². The summed E-state index contributed by atoms with van der Waals surface area (Å²) in [5.74, 6) is -1.47. The first-order valence-electron chi connectivity index (χ1n) is 10.0. The lowest BCUT2D eigenvalue weighted by molar-refractivity contribution is 0.167. The van der Waals surface area contributed by atoms with Gasteiger partial charge in [0.05, 0.1) is 6.04 Å². The summed E-state index contributed by atoms with van der Waals surface area (Å²) in [6.07, 6.45) is 2.05. The van der Waals surface area contributed by atoms with Crippen molar-refractivity contribution in [1.82, 2.24) is 14.5 Å². The normalized spacial score (nSPS) is 18.6. The fourth-order valence-corrected chi connectivity index (χ4v) is 5.37.